The number of hydrogen-bond donors (Lipinski definition) is 2. The van der Waals surface area contributed by atoms with Crippen molar-refractivity contribution in [2.45, 2.75) is 19.9 Å². The SMILES string of the molecule is CCOc1ccc(CC(=O)Nc2nnc(CN)s2)cc1. The Balaban J connectivity index is 1.90. The van der Waals surface area contributed by atoms with E-state index in [2.05, 4.69) is 15.5 Å². The number of rotatable bonds is 6. The van der Waals surface area contributed by atoms with Gasteiger partial charge in [-0.15, -0.1) is 10.2 Å². The first kappa shape index (κ1) is 14.4. The lowest BCUT2D eigenvalue weighted by Crippen LogP contribution is -2.14. The number of hydrogen-bond acceptors (Lipinski definition) is 6. The van der Waals surface area contributed by atoms with Crippen molar-refractivity contribution in [2.24, 2.45) is 5.73 Å². The minimum absolute atomic E-state index is 0.131. The number of nitrogens with one attached hydrogen (secondary N) is 1. The maximum Gasteiger partial charge on any atom is 0.230 e. The molecule has 1 amide bonds. The Hall–Kier alpha value is -1.99. The Morgan fingerprint density at radius 3 is 2.70 bits per heavy atom. The topological polar surface area (TPSA) is 90.1 Å². The maximum atomic E-state index is 11.9. The Morgan fingerprint density at radius 1 is 1.35 bits per heavy atom. The quantitative estimate of drug-likeness (QED) is 0.843. The fourth-order valence-electron chi connectivity index (χ4n) is 1.61. The molecule has 1 aromatic carbocycles. The third-order valence-corrected chi connectivity index (χ3v) is 3.35. The molecule has 0 unspecified atom stereocenters. The second kappa shape index (κ2) is 6.97. The van der Waals surface area contributed by atoms with Crippen molar-refractivity contribution in [1.29, 1.82) is 0 Å². The number of anilines is 1. The summed E-state index contributed by atoms with van der Waals surface area (Å²) < 4.78 is 5.35. The predicted molar refractivity (Wildman–Crippen MR) is 77.7 cm³/mol. The van der Waals surface area contributed by atoms with Gasteiger partial charge < -0.3 is 15.8 Å². The van der Waals surface area contributed by atoms with E-state index >= 15 is 0 Å². The number of nitrogens with zero attached hydrogens (tertiary/aromatic N) is 2. The number of amides is 1. The molecule has 3 N–H and O–H groups in total. The first-order valence-electron chi connectivity index (χ1n) is 6.25. The lowest BCUT2D eigenvalue weighted by molar-refractivity contribution is -0.115. The molecule has 1 heterocycles. The van der Waals surface area contributed by atoms with Crippen LogP contribution in [-0.4, -0.2) is 22.7 Å². The summed E-state index contributed by atoms with van der Waals surface area (Å²) in [6.07, 6.45) is 0.282. The Morgan fingerprint density at radius 2 is 2.10 bits per heavy atom. The third kappa shape index (κ3) is 4.01. The van der Waals surface area contributed by atoms with Gasteiger partial charge in [0.15, 0.2) is 0 Å². The molecule has 0 fully saturated rings. The number of ether oxygens (including phenoxy) is 1. The molecule has 0 saturated carbocycles. The molecule has 2 aromatic rings. The largest absolute Gasteiger partial charge is 0.494 e. The van der Waals surface area contributed by atoms with Gasteiger partial charge in [-0.2, -0.15) is 0 Å². The van der Waals surface area contributed by atoms with E-state index in [0.717, 1.165) is 11.3 Å². The van der Waals surface area contributed by atoms with Gasteiger partial charge in [-0.3, -0.25) is 4.79 Å². The minimum atomic E-state index is -0.131. The number of carbonyl (C=O) groups is 1. The summed E-state index contributed by atoms with van der Waals surface area (Å²) in [5.74, 6) is 0.669. The summed E-state index contributed by atoms with van der Waals surface area (Å²) >= 11 is 1.28. The summed E-state index contributed by atoms with van der Waals surface area (Å²) in [5.41, 5.74) is 6.35. The minimum Gasteiger partial charge on any atom is -0.494 e. The lowest BCUT2D eigenvalue weighted by atomic mass is 10.1. The van der Waals surface area contributed by atoms with Crippen LogP contribution in [0.3, 0.4) is 0 Å². The molecule has 106 valence electrons. The van der Waals surface area contributed by atoms with Gasteiger partial charge in [0.2, 0.25) is 11.0 Å². The fraction of sp³-hybridized carbons (Fsp3) is 0.308. The average Bonchev–Trinajstić information content (AvgIpc) is 2.89. The van der Waals surface area contributed by atoms with Gasteiger partial charge in [0, 0.05) is 6.54 Å². The van der Waals surface area contributed by atoms with Crippen molar-refractivity contribution in [3.05, 3.63) is 34.8 Å². The molecule has 0 aliphatic rings. The first-order valence-corrected chi connectivity index (χ1v) is 7.07. The zero-order valence-electron chi connectivity index (χ0n) is 11.1. The van der Waals surface area contributed by atoms with Crippen LogP contribution >= 0.6 is 11.3 Å². The highest BCUT2D eigenvalue weighted by Gasteiger charge is 2.08. The van der Waals surface area contributed by atoms with Crippen LogP contribution in [0.25, 0.3) is 0 Å². The van der Waals surface area contributed by atoms with E-state index < -0.39 is 0 Å². The predicted octanol–water partition coefficient (Wildman–Crippen LogP) is 1.58. The monoisotopic (exact) mass is 292 g/mol. The van der Waals surface area contributed by atoms with Gasteiger partial charge in [-0.05, 0) is 24.6 Å². The van der Waals surface area contributed by atoms with E-state index in [9.17, 15) is 4.79 Å². The number of nitrogens with two attached hydrogens (primary N) is 1. The molecule has 0 atom stereocenters. The standard InChI is InChI=1S/C13H16N4O2S/c1-2-19-10-5-3-9(4-6-10)7-11(18)15-13-17-16-12(8-14)20-13/h3-6H,2,7-8,14H2,1H3,(H,15,17,18). The lowest BCUT2D eigenvalue weighted by Gasteiger charge is -2.04. The van der Waals surface area contributed by atoms with Gasteiger partial charge in [-0.25, -0.2) is 0 Å². The Kier molecular flexibility index (Phi) is 5.03. The molecule has 0 saturated heterocycles. The molecular formula is C13H16N4O2S. The highest BCUT2D eigenvalue weighted by molar-refractivity contribution is 7.15. The second-order valence-corrected chi connectivity index (χ2v) is 5.07. The summed E-state index contributed by atoms with van der Waals surface area (Å²) in [4.78, 5) is 11.9. The van der Waals surface area contributed by atoms with Crippen LogP contribution in [0.1, 0.15) is 17.5 Å². The van der Waals surface area contributed by atoms with Crippen LogP contribution in [0.15, 0.2) is 24.3 Å². The molecule has 0 spiro atoms. The van der Waals surface area contributed by atoms with Gasteiger partial charge in [0.1, 0.15) is 10.8 Å². The van der Waals surface area contributed by atoms with Crippen molar-refractivity contribution < 1.29 is 9.53 Å². The summed E-state index contributed by atoms with van der Waals surface area (Å²) in [5, 5.41) is 11.6. The smallest absolute Gasteiger partial charge is 0.230 e. The molecule has 0 bridgehead atoms. The molecule has 20 heavy (non-hydrogen) atoms. The van der Waals surface area contributed by atoms with E-state index in [1.165, 1.54) is 11.3 Å². The van der Waals surface area contributed by atoms with Crippen LogP contribution in [-0.2, 0) is 17.8 Å². The molecule has 2 rings (SSSR count). The fourth-order valence-corrected chi connectivity index (χ4v) is 2.24. The average molecular weight is 292 g/mol. The first-order chi connectivity index (χ1) is 9.71. The van der Waals surface area contributed by atoms with Gasteiger partial charge >= 0.3 is 0 Å². The number of benzene rings is 1. The summed E-state index contributed by atoms with van der Waals surface area (Å²) in [7, 11) is 0. The molecular weight excluding hydrogens is 276 g/mol. The van der Waals surface area contributed by atoms with E-state index in [-0.39, 0.29) is 12.3 Å². The highest BCUT2D eigenvalue weighted by Crippen LogP contribution is 2.16. The van der Waals surface area contributed by atoms with Crippen molar-refractivity contribution in [1.82, 2.24) is 10.2 Å². The van der Waals surface area contributed by atoms with Crippen LogP contribution < -0.4 is 15.8 Å². The van der Waals surface area contributed by atoms with Crippen LogP contribution in [0.4, 0.5) is 5.13 Å². The van der Waals surface area contributed by atoms with Crippen molar-refractivity contribution in [3.63, 3.8) is 0 Å². The summed E-state index contributed by atoms with van der Waals surface area (Å²) in [6.45, 7) is 2.88. The number of aromatic nitrogens is 2. The van der Waals surface area contributed by atoms with Crippen LogP contribution in [0.2, 0.25) is 0 Å². The third-order valence-electron chi connectivity index (χ3n) is 2.49. The molecule has 1 aromatic heterocycles. The van der Waals surface area contributed by atoms with Gasteiger partial charge in [0.05, 0.1) is 13.0 Å². The van der Waals surface area contributed by atoms with Crippen molar-refractivity contribution in [3.8, 4) is 5.75 Å². The van der Waals surface area contributed by atoms with E-state index in [4.69, 9.17) is 10.5 Å². The van der Waals surface area contributed by atoms with Gasteiger partial charge in [0.25, 0.3) is 0 Å². The molecule has 0 aliphatic heterocycles. The van der Waals surface area contributed by atoms with Crippen LogP contribution in [0.5, 0.6) is 5.75 Å². The number of carbonyl (C=O) groups excluding carboxylic acids is 1. The highest BCUT2D eigenvalue weighted by atomic mass is 32.1. The zero-order valence-corrected chi connectivity index (χ0v) is 11.9. The Bertz CT molecular complexity index is 568. The Labute approximate surface area is 121 Å². The van der Waals surface area contributed by atoms with Crippen molar-refractivity contribution >= 4 is 22.4 Å². The van der Waals surface area contributed by atoms with E-state index in [1.54, 1.807) is 0 Å². The molecule has 0 aliphatic carbocycles. The van der Waals surface area contributed by atoms with Crippen LogP contribution in [0, 0.1) is 0 Å². The maximum absolute atomic E-state index is 11.9. The van der Waals surface area contributed by atoms with Gasteiger partial charge in [-0.1, -0.05) is 23.5 Å². The molecule has 0 radical (unpaired) electrons. The van der Waals surface area contributed by atoms with E-state index in [1.807, 2.05) is 31.2 Å². The van der Waals surface area contributed by atoms with Crippen molar-refractivity contribution in [2.75, 3.05) is 11.9 Å². The molecule has 6 nitrogen and oxygen atoms in total. The van der Waals surface area contributed by atoms with E-state index in [0.29, 0.717) is 23.3 Å². The normalized spacial score (nSPS) is 10.3. The summed E-state index contributed by atoms with van der Waals surface area (Å²) in [6, 6.07) is 7.44. The second-order valence-electron chi connectivity index (χ2n) is 4.01. The molecule has 7 heteroatoms. The zero-order chi connectivity index (χ0) is 14.4.